The summed E-state index contributed by atoms with van der Waals surface area (Å²) < 4.78 is 0. The molecule has 2 aliphatic rings. The molecule has 0 fully saturated rings. The monoisotopic (exact) mass is 204 g/mol. The van der Waals surface area contributed by atoms with E-state index in [-0.39, 0.29) is 0 Å². The van der Waals surface area contributed by atoms with Crippen molar-refractivity contribution < 1.29 is 0 Å². The molecule has 0 saturated heterocycles. The number of allylic oxidation sites excluding steroid dienone is 2. The third-order valence-electron chi connectivity index (χ3n) is 1.58. The van der Waals surface area contributed by atoms with Gasteiger partial charge in [-0.3, -0.25) is 5.43 Å². The second-order valence-corrected chi connectivity index (χ2v) is 3.12. The Kier molecular flexibility index (Phi) is 1.66. The predicted molar refractivity (Wildman–Crippen MR) is 48.0 cm³/mol. The van der Waals surface area contributed by atoms with Crippen LogP contribution in [0, 0.1) is 0 Å². The van der Waals surface area contributed by atoms with Crippen LogP contribution in [0.25, 0.3) is 0 Å². The minimum absolute atomic E-state index is 0.356. The van der Waals surface area contributed by atoms with Crippen molar-refractivity contribution in [1.29, 1.82) is 0 Å². The van der Waals surface area contributed by atoms with Crippen molar-refractivity contribution in [1.82, 2.24) is 15.4 Å². The van der Waals surface area contributed by atoms with E-state index in [1.807, 2.05) is 13.1 Å². The summed E-state index contributed by atoms with van der Waals surface area (Å²) in [5.41, 5.74) is 2.85. The molecule has 0 aromatic carbocycles. The van der Waals surface area contributed by atoms with Gasteiger partial charge in [-0.15, -0.1) is 5.10 Å². The van der Waals surface area contributed by atoms with Gasteiger partial charge in [-0.2, -0.15) is 0 Å². The maximum atomic E-state index is 5.79. The Morgan fingerprint density at radius 1 is 1.42 bits per heavy atom. The molecule has 0 radical (unpaired) electrons. The fourth-order valence-corrected chi connectivity index (χ4v) is 1.43. The smallest absolute Gasteiger partial charge is 0.242 e. The van der Waals surface area contributed by atoms with Crippen LogP contribution in [0.1, 0.15) is 0 Å². The number of rotatable bonds is 0. The molecule has 0 atom stereocenters. The molecule has 0 aliphatic carbocycles. The minimum atomic E-state index is 0.356. The molecule has 64 valence electrons. The molecule has 0 amide bonds. The first-order valence-corrected chi connectivity index (χ1v) is 4.06. The molecule has 1 N–H and O–H groups in total. The highest BCUT2D eigenvalue weighted by Gasteiger charge is 2.27. The molecule has 12 heavy (non-hydrogen) atoms. The summed E-state index contributed by atoms with van der Waals surface area (Å²) in [4.78, 5) is 0. The van der Waals surface area contributed by atoms with Gasteiger partial charge in [-0.25, -0.2) is 10.0 Å². The molecule has 0 aromatic heterocycles. The number of fused-ring (bicyclic) bond motifs is 1. The number of hydrogen-bond donors (Lipinski definition) is 1. The van der Waals surface area contributed by atoms with E-state index >= 15 is 0 Å². The molecule has 2 heterocycles. The Bertz CT molecular complexity index is 307. The average molecular weight is 205 g/mol. The number of nitrogens with one attached hydrogen (secondary N) is 1. The Morgan fingerprint density at radius 2 is 2.17 bits per heavy atom. The molecule has 0 bridgehead atoms. The molecule has 0 spiro atoms. The van der Waals surface area contributed by atoms with Crippen LogP contribution in [-0.4, -0.2) is 22.4 Å². The van der Waals surface area contributed by atoms with Crippen LogP contribution in [0.2, 0.25) is 0 Å². The second kappa shape index (κ2) is 2.57. The molecule has 0 aromatic rings. The summed E-state index contributed by atoms with van der Waals surface area (Å²) in [6.45, 7) is 0. The van der Waals surface area contributed by atoms with Crippen molar-refractivity contribution in [3.05, 3.63) is 23.1 Å². The Morgan fingerprint density at radius 3 is 2.92 bits per heavy atom. The SMILES string of the molecule is CN1N=C(Cl)N2NC(Cl)=CC=C12. The van der Waals surface area contributed by atoms with Crippen molar-refractivity contribution in [2.24, 2.45) is 5.10 Å². The van der Waals surface area contributed by atoms with Gasteiger partial charge in [0.1, 0.15) is 5.16 Å². The lowest BCUT2D eigenvalue weighted by atomic mass is 10.4. The zero-order valence-electron chi connectivity index (χ0n) is 6.25. The fourth-order valence-electron chi connectivity index (χ4n) is 1.04. The molecule has 0 unspecified atom stereocenters. The molecule has 2 rings (SSSR count). The molecule has 2 aliphatic heterocycles. The predicted octanol–water partition coefficient (Wildman–Crippen LogP) is 1.18. The maximum absolute atomic E-state index is 5.79. The van der Waals surface area contributed by atoms with E-state index in [0.717, 1.165) is 5.82 Å². The normalized spacial score (nSPS) is 21.1. The van der Waals surface area contributed by atoms with Crippen LogP contribution in [0.4, 0.5) is 0 Å². The van der Waals surface area contributed by atoms with Crippen molar-refractivity contribution >= 4 is 28.5 Å². The number of amidine groups is 1. The lowest BCUT2D eigenvalue weighted by molar-refractivity contribution is 0.333. The summed E-state index contributed by atoms with van der Waals surface area (Å²) in [5.74, 6) is 0.851. The summed E-state index contributed by atoms with van der Waals surface area (Å²) in [7, 11) is 1.81. The van der Waals surface area contributed by atoms with Crippen LogP contribution in [-0.2, 0) is 0 Å². The van der Waals surface area contributed by atoms with Crippen molar-refractivity contribution in [3.8, 4) is 0 Å². The van der Waals surface area contributed by atoms with Gasteiger partial charge in [-0.1, -0.05) is 11.6 Å². The van der Waals surface area contributed by atoms with Crippen molar-refractivity contribution in [2.45, 2.75) is 0 Å². The number of hydrogen-bond acceptors (Lipinski definition) is 4. The van der Waals surface area contributed by atoms with Gasteiger partial charge in [0.05, 0.1) is 0 Å². The molecule has 0 saturated carbocycles. The van der Waals surface area contributed by atoms with Gasteiger partial charge in [0.15, 0.2) is 5.82 Å². The topological polar surface area (TPSA) is 30.9 Å². The Balaban J connectivity index is 2.35. The van der Waals surface area contributed by atoms with Crippen LogP contribution < -0.4 is 5.43 Å². The average Bonchev–Trinajstić information content (AvgIpc) is 2.28. The second-order valence-electron chi connectivity index (χ2n) is 2.38. The highest BCUT2D eigenvalue weighted by atomic mass is 35.5. The van der Waals surface area contributed by atoms with Gasteiger partial charge in [0, 0.05) is 7.05 Å². The first-order valence-electron chi connectivity index (χ1n) is 3.30. The van der Waals surface area contributed by atoms with Crippen LogP contribution in [0.5, 0.6) is 0 Å². The molecule has 4 nitrogen and oxygen atoms in total. The van der Waals surface area contributed by atoms with E-state index < -0.39 is 0 Å². The number of halogens is 2. The summed E-state index contributed by atoms with van der Waals surface area (Å²) in [6.07, 6.45) is 3.58. The van der Waals surface area contributed by atoms with Crippen LogP contribution in [0.3, 0.4) is 0 Å². The summed E-state index contributed by atoms with van der Waals surface area (Å²) in [5, 5.41) is 8.12. The van der Waals surface area contributed by atoms with E-state index in [0.29, 0.717) is 10.5 Å². The number of nitrogens with zero attached hydrogens (tertiary/aromatic N) is 3. The quantitative estimate of drug-likeness (QED) is 0.602. The van der Waals surface area contributed by atoms with Gasteiger partial charge < -0.3 is 0 Å². The number of hydrazone groups is 1. The lowest BCUT2D eigenvalue weighted by Gasteiger charge is -2.24. The highest BCUT2D eigenvalue weighted by Crippen LogP contribution is 2.22. The van der Waals surface area contributed by atoms with Gasteiger partial charge >= 0.3 is 0 Å². The highest BCUT2D eigenvalue weighted by molar-refractivity contribution is 6.65. The van der Waals surface area contributed by atoms with E-state index in [4.69, 9.17) is 23.2 Å². The zero-order valence-corrected chi connectivity index (χ0v) is 7.76. The fraction of sp³-hybridized carbons (Fsp3) is 0.167. The third kappa shape index (κ3) is 1.04. The Hall–Kier alpha value is -0.870. The van der Waals surface area contributed by atoms with Gasteiger partial charge in [-0.05, 0) is 23.8 Å². The maximum Gasteiger partial charge on any atom is 0.242 e. The zero-order chi connectivity index (χ0) is 8.72. The van der Waals surface area contributed by atoms with Crippen molar-refractivity contribution in [3.63, 3.8) is 0 Å². The van der Waals surface area contributed by atoms with E-state index in [1.54, 1.807) is 16.1 Å². The standard InChI is InChI=1S/C6H6Cl2N4/c1-11-5-3-2-4(7)9-12(5)6(8)10-11/h2-3,9H,1H3. The van der Waals surface area contributed by atoms with E-state index in [2.05, 4.69) is 10.5 Å². The van der Waals surface area contributed by atoms with Crippen molar-refractivity contribution in [2.75, 3.05) is 7.05 Å². The molecular formula is C6H6Cl2N4. The lowest BCUT2D eigenvalue weighted by Crippen LogP contribution is -2.38. The Labute approximate surface area is 79.7 Å². The minimum Gasteiger partial charge on any atom is -0.279 e. The molecule has 6 heteroatoms. The largest absolute Gasteiger partial charge is 0.279 e. The first-order chi connectivity index (χ1) is 5.68. The van der Waals surface area contributed by atoms with E-state index in [9.17, 15) is 0 Å². The van der Waals surface area contributed by atoms with Crippen LogP contribution in [0.15, 0.2) is 28.2 Å². The molecular weight excluding hydrogens is 199 g/mol. The third-order valence-corrected chi connectivity index (χ3v) is 2.03. The van der Waals surface area contributed by atoms with Gasteiger partial charge in [0.2, 0.25) is 5.29 Å². The van der Waals surface area contributed by atoms with Gasteiger partial charge in [0.25, 0.3) is 0 Å². The number of hydrazine groups is 1. The van der Waals surface area contributed by atoms with Crippen LogP contribution >= 0.6 is 23.2 Å². The first kappa shape index (κ1) is 7.76. The summed E-state index contributed by atoms with van der Waals surface area (Å²) in [6, 6.07) is 0. The summed E-state index contributed by atoms with van der Waals surface area (Å²) >= 11 is 11.5. The van der Waals surface area contributed by atoms with E-state index in [1.165, 1.54) is 0 Å².